The van der Waals surface area contributed by atoms with E-state index in [0.29, 0.717) is 14.5 Å². The summed E-state index contributed by atoms with van der Waals surface area (Å²) in [5.74, 6) is 0. The van der Waals surface area contributed by atoms with E-state index < -0.39 is 0 Å². The third-order valence-corrected chi connectivity index (χ3v) is 5.04. The fraction of sp³-hybridized carbons (Fsp3) is 0.714. The predicted octanol–water partition coefficient (Wildman–Crippen LogP) is 4.21. The van der Waals surface area contributed by atoms with Gasteiger partial charge < -0.3 is 0 Å². The van der Waals surface area contributed by atoms with Crippen LogP contribution in [0.3, 0.4) is 0 Å². The van der Waals surface area contributed by atoms with Gasteiger partial charge >= 0.3 is 101 Å². The van der Waals surface area contributed by atoms with E-state index in [2.05, 4.69) is 24.9 Å². The predicted molar refractivity (Wildman–Crippen MR) is 69.8 cm³/mol. The maximum absolute atomic E-state index is 2.41. The first-order valence-corrected chi connectivity index (χ1v) is 8.28. The van der Waals surface area contributed by atoms with Crippen molar-refractivity contribution in [2.24, 2.45) is 0 Å². The van der Waals surface area contributed by atoms with Crippen LogP contribution in [-0.4, -0.2) is 14.5 Å². The molecule has 1 rings (SSSR count). The van der Waals surface area contributed by atoms with Crippen molar-refractivity contribution in [1.29, 1.82) is 0 Å². The maximum atomic E-state index is 2.41. The molecule has 0 unspecified atom stereocenters. The Morgan fingerprint density at radius 1 is 0.933 bits per heavy atom. The van der Waals surface area contributed by atoms with Gasteiger partial charge in [0.15, 0.2) is 0 Å². The Bertz CT molecular complexity index is 225. The Kier molecular flexibility index (Phi) is 7.13. The van der Waals surface area contributed by atoms with Gasteiger partial charge in [0.1, 0.15) is 0 Å². The van der Waals surface area contributed by atoms with Gasteiger partial charge in [-0.3, -0.25) is 0 Å². The van der Waals surface area contributed by atoms with Gasteiger partial charge in [0, 0.05) is 0 Å². The van der Waals surface area contributed by atoms with Gasteiger partial charge in [0.2, 0.25) is 0 Å². The Balaban J connectivity index is 2.32. The van der Waals surface area contributed by atoms with Crippen LogP contribution in [0.2, 0.25) is 0 Å². The zero-order valence-electron chi connectivity index (χ0n) is 10.2. The van der Waals surface area contributed by atoms with Gasteiger partial charge in [0.25, 0.3) is 0 Å². The fourth-order valence-corrected chi connectivity index (χ4v) is 3.97. The second-order valence-corrected chi connectivity index (χ2v) is 6.38. The van der Waals surface area contributed by atoms with E-state index in [1.54, 1.807) is 10.0 Å². The number of aryl methyl sites for hydroxylation is 2. The molecule has 0 aromatic carbocycles. The van der Waals surface area contributed by atoms with Gasteiger partial charge in [-0.05, 0) is 0 Å². The van der Waals surface area contributed by atoms with Crippen LogP contribution in [-0.2, 0) is 12.8 Å². The molecule has 1 aromatic heterocycles. The summed E-state index contributed by atoms with van der Waals surface area (Å²) in [5, 5.41) is 0. The van der Waals surface area contributed by atoms with Crippen molar-refractivity contribution in [3.63, 3.8) is 0 Å². The molecule has 0 spiro atoms. The van der Waals surface area contributed by atoms with Crippen molar-refractivity contribution in [2.45, 2.75) is 65.2 Å². The minimum atomic E-state index is 0.704. The molecule has 1 heterocycles. The van der Waals surface area contributed by atoms with Gasteiger partial charge in [-0.25, -0.2) is 0 Å². The molecule has 0 radical (unpaired) electrons. The molecule has 0 N–H and O–H groups in total. The molecule has 1 aromatic rings. The number of hydrogen-bond acceptors (Lipinski definition) is 0. The summed E-state index contributed by atoms with van der Waals surface area (Å²) in [6.07, 6.45) is 11.0. The first kappa shape index (κ1) is 13.1. The van der Waals surface area contributed by atoms with Crippen molar-refractivity contribution in [2.75, 3.05) is 0 Å². The Labute approximate surface area is 101 Å². The van der Waals surface area contributed by atoms with Gasteiger partial charge in [-0.2, -0.15) is 0 Å². The fourth-order valence-electron chi connectivity index (χ4n) is 1.91. The summed E-state index contributed by atoms with van der Waals surface area (Å²) in [5.41, 5.74) is 1.69. The number of hydrogen-bond donors (Lipinski definition) is 0. The van der Waals surface area contributed by atoms with Crippen LogP contribution in [0.5, 0.6) is 0 Å². The van der Waals surface area contributed by atoms with E-state index in [1.165, 1.54) is 51.4 Å². The number of unbranched alkanes of at least 4 members (excludes halogenated alkanes) is 4. The van der Waals surface area contributed by atoms with E-state index in [1.807, 2.05) is 0 Å². The SMILES string of the molecule is CCCCCc1cc[se]c1CCCCC. The van der Waals surface area contributed by atoms with E-state index in [4.69, 9.17) is 0 Å². The zero-order chi connectivity index (χ0) is 10.9. The summed E-state index contributed by atoms with van der Waals surface area (Å²) in [7, 11) is 0. The standard InChI is InChI=1S/C14H24Se/c1-3-5-7-9-13-11-12-15-14(13)10-8-6-4-2/h11-12H,3-10H2,1-2H3. The Morgan fingerprint density at radius 2 is 1.60 bits per heavy atom. The first-order chi connectivity index (χ1) is 7.38. The van der Waals surface area contributed by atoms with Crippen molar-refractivity contribution < 1.29 is 0 Å². The summed E-state index contributed by atoms with van der Waals surface area (Å²) in [6, 6.07) is 2.40. The molecule has 0 fully saturated rings. The monoisotopic (exact) mass is 272 g/mol. The van der Waals surface area contributed by atoms with Crippen molar-refractivity contribution >= 4 is 14.5 Å². The van der Waals surface area contributed by atoms with Crippen molar-refractivity contribution in [3.8, 4) is 0 Å². The van der Waals surface area contributed by atoms with E-state index in [9.17, 15) is 0 Å². The number of rotatable bonds is 8. The molecular weight excluding hydrogens is 247 g/mol. The quantitative estimate of drug-likeness (QED) is 0.491. The molecule has 0 saturated carbocycles. The molecule has 0 aliphatic carbocycles. The average molecular weight is 271 g/mol. The van der Waals surface area contributed by atoms with Crippen LogP contribution < -0.4 is 0 Å². The van der Waals surface area contributed by atoms with Crippen LogP contribution >= 0.6 is 0 Å². The van der Waals surface area contributed by atoms with Crippen LogP contribution in [0.4, 0.5) is 0 Å². The molecule has 0 saturated heterocycles. The van der Waals surface area contributed by atoms with Crippen LogP contribution in [0, 0.1) is 0 Å². The minimum absolute atomic E-state index is 0.704. The van der Waals surface area contributed by atoms with E-state index in [0.717, 1.165) is 0 Å². The van der Waals surface area contributed by atoms with Crippen molar-refractivity contribution in [3.05, 3.63) is 21.0 Å². The summed E-state index contributed by atoms with van der Waals surface area (Å²) in [4.78, 5) is 2.41. The van der Waals surface area contributed by atoms with Gasteiger partial charge in [0.05, 0.1) is 0 Å². The molecule has 0 nitrogen and oxygen atoms in total. The topological polar surface area (TPSA) is 0 Å². The van der Waals surface area contributed by atoms with Crippen LogP contribution in [0.1, 0.15) is 62.4 Å². The molecule has 0 aliphatic heterocycles. The molecule has 0 amide bonds. The summed E-state index contributed by atoms with van der Waals surface area (Å²) < 4.78 is 1.80. The second kappa shape index (κ2) is 8.19. The van der Waals surface area contributed by atoms with Crippen LogP contribution in [0.15, 0.2) is 11.0 Å². The van der Waals surface area contributed by atoms with E-state index in [-0.39, 0.29) is 0 Å². The molecule has 1 heteroatoms. The Morgan fingerprint density at radius 3 is 2.27 bits per heavy atom. The summed E-state index contributed by atoms with van der Waals surface area (Å²) in [6.45, 7) is 4.57. The van der Waals surface area contributed by atoms with Crippen LogP contribution in [0.25, 0.3) is 0 Å². The third kappa shape index (κ3) is 5.04. The summed E-state index contributed by atoms with van der Waals surface area (Å²) >= 11 is 0.704. The molecule has 0 atom stereocenters. The molecule has 0 bridgehead atoms. The van der Waals surface area contributed by atoms with E-state index >= 15 is 0 Å². The van der Waals surface area contributed by atoms with Gasteiger partial charge in [-0.1, -0.05) is 0 Å². The second-order valence-electron chi connectivity index (χ2n) is 4.28. The van der Waals surface area contributed by atoms with Gasteiger partial charge in [-0.15, -0.1) is 0 Å². The molecule has 0 aliphatic rings. The molecular formula is C14H24Se. The zero-order valence-corrected chi connectivity index (χ0v) is 11.9. The first-order valence-electron chi connectivity index (χ1n) is 6.43. The third-order valence-electron chi connectivity index (χ3n) is 2.89. The molecule has 15 heavy (non-hydrogen) atoms. The normalized spacial score (nSPS) is 10.8. The average Bonchev–Trinajstić information content (AvgIpc) is 2.67. The van der Waals surface area contributed by atoms with Crippen molar-refractivity contribution in [1.82, 2.24) is 0 Å². The Hall–Kier alpha value is -0.000519. The molecule has 86 valence electrons.